The minimum atomic E-state index is 0.347. The molecule has 17 heavy (non-hydrogen) atoms. The van der Waals surface area contributed by atoms with Crippen molar-refractivity contribution in [1.29, 1.82) is 0 Å². The molecule has 4 heteroatoms. The summed E-state index contributed by atoms with van der Waals surface area (Å²) < 4.78 is 0. The second-order valence-electron chi connectivity index (χ2n) is 5.45. The van der Waals surface area contributed by atoms with E-state index in [1.54, 1.807) is 0 Å². The van der Waals surface area contributed by atoms with Crippen molar-refractivity contribution < 1.29 is 0 Å². The van der Waals surface area contributed by atoms with Gasteiger partial charge >= 0.3 is 0 Å². The average molecular weight is 236 g/mol. The van der Waals surface area contributed by atoms with Gasteiger partial charge in [0.15, 0.2) is 0 Å². The third-order valence-electron chi connectivity index (χ3n) is 2.38. The van der Waals surface area contributed by atoms with Gasteiger partial charge in [0, 0.05) is 19.2 Å². The van der Waals surface area contributed by atoms with Gasteiger partial charge in [0.25, 0.3) is 0 Å². The van der Waals surface area contributed by atoms with E-state index < -0.39 is 0 Å². The largest absolute Gasteiger partial charge is 0.370 e. The molecular weight excluding hydrogens is 212 g/mol. The molecule has 2 N–H and O–H groups in total. The molecule has 0 saturated carbocycles. The van der Waals surface area contributed by atoms with Crippen molar-refractivity contribution in [1.82, 2.24) is 9.97 Å². The summed E-state index contributed by atoms with van der Waals surface area (Å²) >= 11 is 0. The van der Waals surface area contributed by atoms with Crippen molar-refractivity contribution in [2.45, 2.75) is 41.0 Å². The van der Waals surface area contributed by atoms with Gasteiger partial charge in [-0.2, -0.15) is 0 Å². The highest BCUT2D eigenvalue weighted by atomic mass is 15.1. The first kappa shape index (κ1) is 13.7. The van der Waals surface area contributed by atoms with Gasteiger partial charge in [-0.3, -0.25) is 0 Å². The first-order chi connectivity index (χ1) is 7.90. The lowest BCUT2D eigenvalue weighted by Crippen LogP contribution is -2.14. The van der Waals surface area contributed by atoms with Crippen LogP contribution in [-0.2, 0) is 0 Å². The molecule has 1 aromatic heterocycles. The number of nitrogens with zero attached hydrogens (tertiary/aromatic N) is 2. The van der Waals surface area contributed by atoms with Gasteiger partial charge in [-0.15, -0.1) is 0 Å². The van der Waals surface area contributed by atoms with Crippen LogP contribution < -0.4 is 10.6 Å². The summed E-state index contributed by atoms with van der Waals surface area (Å²) in [5.41, 5.74) is 0.347. The van der Waals surface area contributed by atoms with E-state index in [4.69, 9.17) is 0 Å². The van der Waals surface area contributed by atoms with E-state index in [2.05, 4.69) is 48.3 Å². The van der Waals surface area contributed by atoms with Crippen LogP contribution in [0.25, 0.3) is 0 Å². The molecular formula is C13H24N4. The van der Waals surface area contributed by atoms with Crippen molar-refractivity contribution in [2.75, 3.05) is 23.7 Å². The standard InChI is InChI=1S/C13H24N4/c1-6-14-11-9-12(17-10(2)16-11)15-8-7-13(3,4)5/h9H,6-8H2,1-5H3,(H2,14,15,16,17). The highest BCUT2D eigenvalue weighted by molar-refractivity contribution is 5.47. The molecule has 0 atom stereocenters. The average Bonchev–Trinajstić information content (AvgIpc) is 2.15. The summed E-state index contributed by atoms with van der Waals surface area (Å²) in [6, 6.07) is 1.96. The van der Waals surface area contributed by atoms with E-state index >= 15 is 0 Å². The number of nitrogens with one attached hydrogen (secondary N) is 2. The summed E-state index contributed by atoms with van der Waals surface area (Å²) in [6.07, 6.45) is 1.12. The molecule has 0 aromatic carbocycles. The minimum Gasteiger partial charge on any atom is -0.370 e. The number of anilines is 2. The lowest BCUT2D eigenvalue weighted by Gasteiger charge is -2.18. The molecule has 1 heterocycles. The van der Waals surface area contributed by atoms with Gasteiger partial charge in [0.2, 0.25) is 0 Å². The first-order valence-electron chi connectivity index (χ1n) is 6.24. The Morgan fingerprint density at radius 1 is 1.12 bits per heavy atom. The fourth-order valence-corrected chi connectivity index (χ4v) is 1.50. The highest BCUT2D eigenvalue weighted by Crippen LogP contribution is 2.18. The first-order valence-corrected chi connectivity index (χ1v) is 6.24. The lowest BCUT2D eigenvalue weighted by atomic mass is 9.92. The topological polar surface area (TPSA) is 49.8 Å². The Kier molecular flexibility index (Phi) is 4.73. The molecule has 0 spiro atoms. The van der Waals surface area contributed by atoms with E-state index in [9.17, 15) is 0 Å². The maximum Gasteiger partial charge on any atom is 0.131 e. The Balaban J connectivity index is 2.58. The second kappa shape index (κ2) is 5.84. The van der Waals surface area contributed by atoms with Crippen molar-refractivity contribution in [3.8, 4) is 0 Å². The zero-order valence-electron chi connectivity index (χ0n) is 11.6. The molecule has 0 unspecified atom stereocenters. The maximum atomic E-state index is 4.37. The summed E-state index contributed by atoms with van der Waals surface area (Å²) in [6.45, 7) is 12.5. The lowest BCUT2D eigenvalue weighted by molar-refractivity contribution is 0.389. The molecule has 0 aliphatic heterocycles. The van der Waals surface area contributed by atoms with Crippen molar-refractivity contribution in [2.24, 2.45) is 5.41 Å². The number of hydrogen-bond acceptors (Lipinski definition) is 4. The van der Waals surface area contributed by atoms with Gasteiger partial charge < -0.3 is 10.6 Å². The number of aryl methyl sites for hydroxylation is 1. The Bertz CT molecular complexity index is 355. The van der Waals surface area contributed by atoms with E-state index in [0.29, 0.717) is 5.41 Å². The smallest absolute Gasteiger partial charge is 0.131 e. The molecule has 0 aliphatic rings. The van der Waals surface area contributed by atoms with E-state index in [-0.39, 0.29) is 0 Å². The normalized spacial score (nSPS) is 11.4. The van der Waals surface area contributed by atoms with Crippen molar-refractivity contribution in [3.63, 3.8) is 0 Å². The quantitative estimate of drug-likeness (QED) is 0.825. The van der Waals surface area contributed by atoms with Crippen LogP contribution in [0.2, 0.25) is 0 Å². The Morgan fingerprint density at radius 2 is 1.71 bits per heavy atom. The van der Waals surface area contributed by atoms with Crippen LogP contribution in [-0.4, -0.2) is 23.1 Å². The third kappa shape index (κ3) is 5.52. The maximum absolute atomic E-state index is 4.37. The predicted molar refractivity (Wildman–Crippen MR) is 73.5 cm³/mol. The molecule has 0 bridgehead atoms. The summed E-state index contributed by atoms with van der Waals surface area (Å²) in [5, 5.41) is 6.55. The zero-order chi connectivity index (χ0) is 12.9. The fourth-order valence-electron chi connectivity index (χ4n) is 1.50. The molecule has 0 fully saturated rings. The fraction of sp³-hybridized carbons (Fsp3) is 0.692. The van der Waals surface area contributed by atoms with Crippen LogP contribution in [0.1, 0.15) is 39.9 Å². The molecule has 1 rings (SSSR count). The van der Waals surface area contributed by atoms with Gasteiger partial charge in [0.05, 0.1) is 0 Å². The van der Waals surface area contributed by atoms with Gasteiger partial charge in [-0.05, 0) is 25.7 Å². The molecule has 0 aliphatic carbocycles. The molecule has 96 valence electrons. The van der Waals surface area contributed by atoms with Crippen LogP contribution in [0.5, 0.6) is 0 Å². The summed E-state index contributed by atoms with van der Waals surface area (Å²) in [7, 11) is 0. The minimum absolute atomic E-state index is 0.347. The van der Waals surface area contributed by atoms with Crippen molar-refractivity contribution in [3.05, 3.63) is 11.9 Å². The Hall–Kier alpha value is -1.32. The third-order valence-corrected chi connectivity index (χ3v) is 2.38. The summed E-state index contributed by atoms with van der Waals surface area (Å²) in [4.78, 5) is 8.69. The number of hydrogen-bond donors (Lipinski definition) is 2. The van der Waals surface area contributed by atoms with Crippen LogP contribution in [0, 0.1) is 12.3 Å². The van der Waals surface area contributed by atoms with Crippen LogP contribution >= 0.6 is 0 Å². The number of aromatic nitrogens is 2. The van der Waals surface area contributed by atoms with Gasteiger partial charge in [-0.1, -0.05) is 20.8 Å². The van der Waals surface area contributed by atoms with Crippen molar-refractivity contribution >= 4 is 11.6 Å². The monoisotopic (exact) mass is 236 g/mol. The molecule has 0 amide bonds. The molecule has 1 aromatic rings. The molecule has 4 nitrogen and oxygen atoms in total. The second-order valence-corrected chi connectivity index (χ2v) is 5.45. The number of rotatable bonds is 5. The van der Waals surface area contributed by atoms with Gasteiger partial charge in [0.1, 0.15) is 17.5 Å². The van der Waals surface area contributed by atoms with E-state index in [1.807, 2.05) is 13.0 Å². The van der Waals surface area contributed by atoms with Crippen LogP contribution in [0.4, 0.5) is 11.6 Å². The highest BCUT2D eigenvalue weighted by Gasteiger charge is 2.09. The molecule has 0 saturated heterocycles. The Morgan fingerprint density at radius 3 is 2.24 bits per heavy atom. The predicted octanol–water partition coefficient (Wildman–Crippen LogP) is 3.06. The SMILES string of the molecule is CCNc1cc(NCCC(C)(C)C)nc(C)n1. The molecule has 0 radical (unpaired) electrons. The zero-order valence-corrected chi connectivity index (χ0v) is 11.6. The van der Waals surface area contributed by atoms with Crippen LogP contribution in [0.15, 0.2) is 6.07 Å². The summed E-state index contributed by atoms with van der Waals surface area (Å²) in [5.74, 6) is 2.58. The van der Waals surface area contributed by atoms with E-state index in [1.165, 1.54) is 0 Å². The van der Waals surface area contributed by atoms with Crippen LogP contribution in [0.3, 0.4) is 0 Å². The Labute approximate surface area is 104 Å². The van der Waals surface area contributed by atoms with E-state index in [0.717, 1.165) is 37.0 Å². The van der Waals surface area contributed by atoms with Gasteiger partial charge in [-0.25, -0.2) is 9.97 Å².